The number of hydrogen-bond acceptors (Lipinski definition) is 3. The summed E-state index contributed by atoms with van der Waals surface area (Å²) < 4.78 is 0. The highest BCUT2D eigenvalue weighted by Crippen LogP contribution is 2.06. The van der Waals surface area contributed by atoms with Gasteiger partial charge in [0.05, 0.1) is 11.6 Å². The number of nitriles is 1. The number of hydrogen-bond donors (Lipinski definition) is 1. The largest absolute Gasteiger partial charge is 0.309 e. The van der Waals surface area contributed by atoms with E-state index in [4.69, 9.17) is 16.9 Å². The quantitative estimate of drug-likeness (QED) is 0.857. The van der Waals surface area contributed by atoms with Gasteiger partial charge in [-0.25, -0.2) is 4.98 Å². The summed E-state index contributed by atoms with van der Waals surface area (Å²) in [7, 11) is 0. The van der Waals surface area contributed by atoms with E-state index in [2.05, 4.69) is 16.4 Å². The summed E-state index contributed by atoms with van der Waals surface area (Å²) in [5.41, 5.74) is 2.92. The molecule has 0 spiro atoms. The maximum Gasteiger partial charge on any atom is 0.129 e. The highest BCUT2D eigenvalue weighted by Gasteiger charge is 1.96. The van der Waals surface area contributed by atoms with Gasteiger partial charge in [0.2, 0.25) is 0 Å². The van der Waals surface area contributed by atoms with Crippen LogP contribution in [0.1, 0.15) is 16.7 Å². The van der Waals surface area contributed by atoms with Crippen molar-refractivity contribution in [2.45, 2.75) is 13.1 Å². The molecule has 1 aromatic carbocycles. The van der Waals surface area contributed by atoms with Gasteiger partial charge in [-0.3, -0.25) is 0 Å². The predicted molar refractivity (Wildman–Crippen MR) is 70.9 cm³/mol. The van der Waals surface area contributed by atoms with Crippen LogP contribution in [0.2, 0.25) is 5.15 Å². The Morgan fingerprint density at radius 2 is 1.72 bits per heavy atom. The van der Waals surface area contributed by atoms with Crippen LogP contribution in [0, 0.1) is 11.3 Å². The molecule has 3 nitrogen and oxygen atoms in total. The maximum atomic E-state index is 8.69. The molecule has 0 saturated heterocycles. The van der Waals surface area contributed by atoms with Gasteiger partial charge in [-0.1, -0.05) is 29.8 Å². The molecular weight excluding hydrogens is 246 g/mol. The molecule has 0 radical (unpaired) electrons. The van der Waals surface area contributed by atoms with Crippen LogP contribution < -0.4 is 5.32 Å². The smallest absolute Gasteiger partial charge is 0.129 e. The number of benzene rings is 1. The highest BCUT2D eigenvalue weighted by atomic mass is 35.5. The molecule has 0 amide bonds. The topological polar surface area (TPSA) is 48.7 Å². The van der Waals surface area contributed by atoms with Crippen LogP contribution in [0.25, 0.3) is 0 Å². The molecule has 0 aliphatic carbocycles. The minimum Gasteiger partial charge on any atom is -0.309 e. The Kier molecular flexibility index (Phi) is 4.30. The van der Waals surface area contributed by atoms with Crippen molar-refractivity contribution < 1.29 is 0 Å². The summed E-state index contributed by atoms with van der Waals surface area (Å²) >= 11 is 5.71. The molecule has 0 fully saturated rings. The van der Waals surface area contributed by atoms with E-state index >= 15 is 0 Å². The summed E-state index contributed by atoms with van der Waals surface area (Å²) in [4.78, 5) is 4.02. The first kappa shape index (κ1) is 12.6. The molecule has 0 aliphatic rings. The lowest BCUT2D eigenvalue weighted by molar-refractivity contribution is 0.691. The number of pyridine rings is 1. The summed E-state index contributed by atoms with van der Waals surface area (Å²) in [6, 6.07) is 13.4. The monoisotopic (exact) mass is 257 g/mol. The average molecular weight is 258 g/mol. The lowest BCUT2D eigenvalue weighted by atomic mass is 10.1. The number of aromatic nitrogens is 1. The third-order valence-electron chi connectivity index (χ3n) is 2.53. The molecule has 0 unspecified atom stereocenters. The van der Waals surface area contributed by atoms with Crippen LogP contribution in [0.5, 0.6) is 0 Å². The second-order valence-electron chi connectivity index (χ2n) is 3.90. The van der Waals surface area contributed by atoms with Gasteiger partial charge in [0.15, 0.2) is 0 Å². The fourth-order valence-electron chi connectivity index (χ4n) is 1.56. The van der Waals surface area contributed by atoms with Crippen molar-refractivity contribution in [2.24, 2.45) is 0 Å². The third kappa shape index (κ3) is 3.56. The SMILES string of the molecule is N#Cc1ccc(CNCc2ccc(Cl)nc2)cc1. The van der Waals surface area contributed by atoms with E-state index in [0.717, 1.165) is 24.2 Å². The molecule has 18 heavy (non-hydrogen) atoms. The Hall–Kier alpha value is -1.89. The zero-order chi connectivity index (χ0) is 12.8. The zero-order valence-electron chi connectivity index (χ0n) is 9.73. The van der Waals surface area contributed by atoms with Gasteiger partial charge >= 0.3 is 0 Å². The molecule has 4 heteroatoms. The van der Waals surface area contributed by atoms with Crippen LogP contribution in [-0.4, -0.2) is 4.98 Å². The molecule has 1 heterocycles. The molecule has 0 bridgehead atoms. The second-order valence-corrected chi connectivity index (χ2v) is 4.29. The van der Waals surface area contributed by atoms with Crippen LogP contribution in [0.15, 0.2) is 42.6 Å². The molecular formula is C14H12ClN3. The van der Waals surface area contributed by atoms with E-state index in [9.17, 15) is 0 Å². The minimum atomic E-state index is 0.505. The molecule has 1 aromatic heterocycles. The average Bonchev–Trinajstić information content (AvgIpc) is 2.42. The summed E-state index contributed by atoms with van der Waals surface area (Å²) in [5.74, 6) is 0. The molecule has 0 atom stereocenters. The standard InChI is InChI=1S/C14H12ClN3/c15-14-6-5-13(10-18-14)9-17-8-12-3-1-11(7-16)2-4-12/h1-6,10,17H,8-9H2. The van der Waals surface area contributed by atoms with Gasteiger partial charge in [-0.2, -0.15) is 5.26 Å². The number of nitrogens with zero attached hydrogens (tertiary/aromatic N) is 2. The summed E-state index contributed by atoms with van der Waals surface area (Å²) in [6.45, 7) is 1.50. The number of halogens is 1. The van der Waals surface area contributed by atoms with E-state index in [1.54, 1.807) is 12.3 Å². The Morgan fingerprint density at radius 1 is 1.06 bits per heavy atom. The highest BCUT2D eigenvalue weighted by molar-refractivity contribution is 6.29. The van der Waals surface area contributed by atoms with Crippen molar-refractivity contribution in [2.75, 3.05) is 0 Å². The molecule has 2 rings (SSSR count). The van der Waals surface area contributed by atoms with Crippen molar-refractivity contribution in [3.63, 3.8) is 0 Å². The van der Waals surface area contributed by atoms with Gasteiger partial charge in [-0.15, -0.1) is 0 Å². The second kappa shape index (κ2) is 6.15. The Bertz CT molecular complexity index is 541. The van der Waals surface area contributed by atoms with Gasteiger partial charge in [0.25, 0.3) is 0 Å². The predicted octanol–water partition coefficient (Wildman–Crippen LogP) is 2.90. The zero-order valence-corrected chi connectivity index (χ0v) is 10.5. The molecule has 1 N–H and O–H groups in total. The first-order chi connectivity index (χ1) is 8.78. The Labute approximate surface area is 111 Å². The third-order valence-corrected chi connectivity index (χ3v) is 2.75. The van der Waals surface area contributed by atoms with Gasteiger partial charge in [0.1, 0.15) is 5.15 Å². The molecule has 0 aliphatic heterocycles. The van der Waals surface area contributed by atoms with Crippen LogP contribution in [-0.2, 0) is 13.1 Å². The number of rotatable bonds is 4. The van der Waals surface area contributed by atoms with Crippen molar-refractivity contribution in [3.05, 3.63) is 64.4 Å². The fraction of sp³-hybridized carbons (Fsp3) is 0.143. The normalized spacial score (nSPS) is 10.0. The summed E-state index contributed by atoms with van der Waals surface area (Å²) in [6.07, 6.45) is 1.76. The van der Waals surface area contributed by atoms with Crippen molar-refractivity contribution in [1.82, 2.24) is 10.3 Å². The minimum absolute atomic E-state index is 0.505. The molecule has 2 aromatic rings. The fourth-order valence-corrected chi connectivity index (χ4v) is 1.67. The molecule has 0 saturated carbocycles. The van der Waals surface area contributed by atoms with Crippen LogP contribution >= 0.6 is 11.6 Å². The first-order valence-electron chi connectivity index (χ1n) is 5.58. The maximum absolute atomic E-state index is 8.69. The van der Waals surface area contributed by atoms with Gasteiger partial charge in [0, 0.05) is 19.3 Å². The number of nitrogens with one attached hydrogen (secondary N) is 1. The van der Waals surface area contributed by atoms with Gasteiger partial charge in [-0.05, 0) is 29.3 Å². The van der Waals surface area contributed by atoms with E-state index in [1.807, 2.05) is 30.3 Å². The van der Waals surface area contributed by atoms with E-state index < -0.39 is 0 Å². The molecule has 90 valence electrons. The van der Waals surface area contributed by atoms with Crippen LogP contribution in [0.4, 0.5) is 0 Å². The lowest BCUT2D eigenvalue weighted by Crippen LogP contribution is -2.12. The Balaban J connectivity index is 1.84. The van der Waals surface area contributed by atoms with Gasteiger partial charge < -0.3 is 5.32 Å². The lowest BCUT2D eigenvalue weighted by Gasteiger charge is -2.05. The van der Waals surface area contributed by atoms with Crippen molar-refractivity contribution in [1.29, 1.82) is 5.26 Å². The van der Waals surface area contributed by atoms with E-state index in [1.165, 1.54) is 0 Å². The van der Waals surface area contributed by atoms with E-state index in [-0.39, 0.29) is 0 Å². The Morgan fingerprint density at radius 3 is 2.33 bits per heavy atom. The van der Waals surface area contributed by atoms with E-state index in [0.29, 0.717) is 10.7 Å². The van der Waals surface area contributed by atoms with Crippen molar-refractivity contribution >= 4 is 11.6 Å². The first-order valence-corrected chi connectivity index (χ1v) is 5.96. The van der Waals surface area contributed by atoms with Crippen molar-refractivity contribution in [3.8, 4) is 6.07 Å². The summed E-state index contributed by atoms with van der Waals surface area (Å²) in [5, 5.41) is 12.5. The van der Waals surface area contributed by atoms with Crippen LogP contribution in [0.3, 0.4) is 0 Å².